The van der Waals surface area contributed by atoms with Crippen LogP contribution < -0.4 is 0 Å². The number of hydrogen-bond donors (Lipinski definition) is 1. The van der Waals surface area contributed by atoms with Crippen molar-refractivity contribution in [1.82, 2.24) is 0 Å². The van der Waals surface area contributed by atoms with Crippen LogP contribution in [0.5, 0.6) is 0 Å². The van der Waals surface area contributed by atoms with Crippen molar-refractivity contribution in [2.45, 2.75) is 94.8 Å². The molecule has 0 radical (unpaired) electrons. The first-order valence-corrected chi connectivity index (χ1v) is 22.1. The van der Waals surface area contributed by atoms with Gasteiger partial charge in [0.05, 0.1) is 43.7 Å². The minimum absolute atomic E-state index is 0.0833. The third-order valence-corrected chi connectivity index (χ3v) is 11.4. The normalized spacial score (nSPS) is 25.1. The third-order valence-electron chi connectivity index (χ3n) is 11.4. The molecule has 12 nitrogen and oxygen atoms in total. The molecule has 6 aromatic rings. The summed E-state index contributed by atoms with van der Waals surface area (Å²) in [6.45, 7) is 2.05. The molecule has 6 aromatic carbocycles. The lowest BCUT2D eigenvalue weighted by Gasteiger charge is -2.49. The van der Waals surface area contributed by atoms with E-state index in [1.54, 1.807) is 61.5 Å². The minimum atomic E-state index is -1.58. The average Bonchev–Trinajstić information content (AvgIpc) is 3.37. The van der Waals surface area contributed by atoms with Gasteiger partial charge < -0.3 is 47.7 Å². The zero-order valence-corrected chi connectivity index (χ0v) is 36.6. The first kappa shape index (κ1) is 46.5. The predicted molar refractivity (Wildman–Crippen MR) is 243 cm³/mol. The van der Waals surface area contributed by atoms with E-state index in [1.807, 2.05) is 127 Å². The van der Waals surface area contributed by atoms with Crippen molar-refractivity contribution in [2.24, 2.45) is 0 Å². The van der Waals surface area contributed by atoms with E-state index in [0.29, 0.717) is 5.56 Å². The number of ether oxygens (including phenoxy) is 9. The summed E-state index contributed by atoms with van der Waals surface area (Å²) in [5.41, 5.74) is 4.17. The standard InChI is InChI=1S/C54H54O12/c1-37-45(47(59-33-39-22-10-3-11-23-39)49(53(57)63-37)65-52(56)43-30-18-7-19-31-43)66-54-50(61-35-41-26-14-5-15-27-41)48(60-34-40-24-12-4-13-25-40)46(58-32-38-20-8-2-9-21-38)44(64-54)36-62-51(55)42-28-16-6-17-29-42/h2-31,37,44-50,53-54,57H,32-36H2,1H3/t37-,44+,45-,46+,47+,48-,49+,50-,53+,54+/m0/s1. The van der Waals surface area contributed by atoms with E-state index in [2.05, 4.69) is 0 Å². The van der Waals surface area contributed by atoms with Crippen LogP contribution in [0.2, 0.25) is 0 Å². The van der Waals surface area contributed by atoms with Gasteiger partial charge in [0, 0.05) is 0 Å². The van der Waals surface area contributed by atoms with Gasteiger partial charge in [-0.05, 0) is 53.4 Å². The summed E-state index contributed by atoms with van der Waals surface area (Å²) in [7, 11) is 0. The topological polar surface area (TPSA) is 137 Å². The Labute approximate surface area is 384 Å². The monoisotopic (exact) mass is 894 g/mol. The molecule has 12 heteroatoms. The van der Waals surface area contributed by atoms with Crippen molar-refractivity contribution in [3.8, 4) is 0 Å². The van der Waals surface area contributed by atoms with Gasteiger partial charge >= 0.3 is 11.9 Å². The minimum Gasteiger partial charge on any atom is -0.459 e. The highest BCUT2D eigenvalue weighted by molar-refractivity contribution is 5.89. The first-order chi connectivity index (χ1) is 32.4. The molecule has 0 amide bonds. The molecule has 0 aromatic heterocycles. The SMILES string of the molecule is C[C@@H]1O[C@@H](O)[C@H](OC(=O)c2ccccc2)[C@H](OCc2ccccc2)[C@H]1O[C@H]1O[C@H](COC(=O)c2ccccc2)[C@@H](OCc2ccccc2)[C@H](OCc2ccccc2)[C@@H]1OCc1ccccc1. The first-order valence-electron chi connectivity index (χ1n) is 22.1. The maximum atomic E-state index is 13.6. The Morgan fingerprint density at radius 2 is 0.833 bits per heavy atom. The van der Waals surface area contributed by atoms with Gasteiger partial charge in [-0.3, -0.25) is 0 Å². The number of carbonyl (C=O) groups excluding carboxylic acids is 2. The largest absolute Gasteiger partial charge is 0.459 e. The van der Waals surface area contributed by atoms with Gasteiger partial charge in [-0.15, -0.1) is 0 Å². The molecule has 2 saturated heterocycles. The summed E-state index contributed by atoms with van der Waals surface area (Å²) >= 11 is 0. The summed E-state index contributed by atoms with van der Waals surface area (Å²) in [4.78, 5) is 27.1. The van der Waals surface area contributed by atoms with Crippen LogP contribution in [0.25, 0.3) is 0 Å². The molecule has 342 valence electrons. The lowest BCUT2D eigenvalue weighted by Crippen LogP contribution is -2.65. The van der Waals surface area contributed by atoms with E-state index >= 15 is 0 Å². The van der Waals surface area contributed by atoms with Gasteiger partial charge in [-0.25, -0.2) is 9.59 Å². The van der Waals surface area contributed by atoms with Crippen LogP contribution in [0.4, 0.5) is 0 Å². The van der Waals surface area contributed by atoms with Crippen LogP contribution in [0.15, 0.2) is 182 Å². The van der Waals surface area contributed by atoms with E-state index in [-0.39, 0.29) is 38.6 Å². The molecule has 2 fully saturated rings. The number of hydrogen-bond acceptors (Lipinski definition) is 12. The van der Waals surface area contributed by atoms with Gasteiger partial charge in [-0.1, -0.05) is 158 Å². The molecule has 2 aliphatic heterocycles. The molecular weight excluding hydrogens is 841 g/mol. The second-order valence-electron chi connectivity index (χ2n) is 16.1. The number of aliphatic hydroxyl groups is 1. The molecule has 8 rings (SSSR count). The number of rotatable bonds is 19. The third kappa shape index (κ3) is 12.4. The summed E-state index contributed by atoms with van der Waals surface area (Å²) in [6.07, 6.45) is -10.9. The van der Waals surface area contributed by atoms with Crippen LogP contribution in [-0.2, 0) is 69.1 Å². The molecule has 0 aliphatic carbocycles. The zero-order chi connectivity index (χ0) is 45.5. The van der Waals surface area contributed by atoms with Crippen LogP contribution >= 0.6 is 0 Å². The van der Waals surface area contributed by atoms with Gasteiger partial charge in [-0.2, -0.15) is 0 Å². The molecule has 0 bridgehead atoms. The van der Waals surface area contributed by atoms with Gasteiger partial charge in [0.1, 0.15) is 43.2 Å². The summed E-state index contributed by atoms with van der Waals surface area (Å²) in [6, 6.07) is 55.8. The molecule has 0 saturated carbocycles. The van der Waals surface area contributed by atoms with E-state index in [4.69, 9.17) is 42.6 Å². The Kier molecular flexibility index (Phi) is 16.5. The number of benzene rings is 6. The van der Waals surface area contributed by atoms with Crippen molar-refractivity contribution in [1.29, 1.82) is 0 Å². The fourth-order valence-corrected chi connectivity index (χ4v) is 7.99. The Morgan fingerprint density at radius 1 is 0.455 bits per heavy atom. The lowest BCUT2D eigenvalue weighted by atomic mass is 9.96. The maximum Gasteiger partial charge on any atom is 0.338 e. The summed E-state index contributed by atoms with van der Waals surface area (Å²) < 4.78 is 59.2. The number of esters is 2. The zero-order valence-electron chi connectivity index (χ0n) is 36.6. The molecule has 1 N–H and O–H groups in total. The summed E-state index contributed by atoms with van der Waals surface area (Å²) in [5, 5.41) is 11.5. The van der Waals surface area contributed by atoms with E-state index in [9.17, 15) is 14.7 Å². The van der Waals surface area contributed by atoms with Crippen LogP contribution in [-0.4, -0.2) is 85.1 Å². The smallest absolute Gasteiger partial charge is 0.338 e. The van der Waals surface area contributed by atoms with Crippen LogP contribution in [0.1, 0.15) is 49.9 Å². The molecule has 2 heterocycles. The molecule has 10 atom stereocenters. The highest BCUT2D eigenvalue weighted by Gasteiger charge is 2.54. The van der Waals surface area contributed by atoms with Gasteiger partial charge in [0.25, 0.3) is 0 Å². The highest BCUT2D eigenvalue weighted by Crippen LogP contribution is 2.36. The summed E-state index contributed by atoms with van der Waals surface area (Å²) in [5.74, 6) is -1.24. The predicted octanol–water partition coefficient (Wildman–Crippen LogP) is 8.26. The van der Waals surface area contributed by atoms with Crippen LogP contribution in [0, 0.1) is 0 Å². The number of aliphatic hydroxyl groups excluding tert-OH is 1. The van der Waals surface area contributed by atoms with Gasteiger partial charge in [0.2, 0.25) is 0 Å². The highest BCUT2D eigenvalue weighted by atomic mass is 16.8. The fourth-order valence-electron chi connectivity index (χ4n) is 7.99. The van der Waals surface area contributed by atoms with Gasteiger partial charge in [0.15, 0.2) is 18.7 Å². The Morgan fingerprint density at radius 3 is 1.29 bits per heavy atom. The fraction of sp³-hybridized carbons (Fsp3) is 0.296. The van der Waals surface area contributed by atoms with Crippen LogP contribution in [0.3, 0.4) is 0 Å². The molecule has 0 spiro atoms. The Balaban J connectivity index is 1.17. The average molecular weight is 895 g/mol. The van der Waals surface area contributed by atoms with E-state index in [1.165, 1.54) is 0 Å². The molecule has 2 aliphatic rings. The molecule has 66 heavy (non-hydrogen) atoms. The van der Waals surface area contributed by atoms with Crippen molar-refractivity contribution >= 4 is 11.9 Å². The molecule has 0 unspecified atom stereocenters. The van der Waals surface area contributed by atoms with E-state index in [0.717, 1.165) is 22.3 Å². The Hall–Kier alpha value is -6.06. The van der Waals surface area contributed by atoms with Crippen molar-refractivity contribution in [3.63, 3.8) is 0 Å². The second-order valence-corrected chi connectivity index (χ2v) is 16.1. The van der Waals surface area contributed by atoms with Crippen molar-refractivity contribution in [2.75, 3.05) is 6.61 Å². The second kappa shape index (κ2) is 23.4. The van der Waals surface area contributed by atoms with Crippen molar-refractivity contribution in [3.05, 3.63) is 215 Å². The van der Waals surface area contributed by atoms with Crippen molar-refractivity contribution < 1.29 is 57.3 Å². The molecular formula is C54H54O12. The lowest BCUT2D eigenvalue weighted by molar-refractivity contribution is -0.366. The Bertz CT molecular complexity index is 2360. The van der Waals surface area contributed by atoms with E-state index < -0.39 is 73.4 Å². The maximum absolute atomic E-state index is 13.6. The number of carbonyl (C=O) groups is 2. The quantitative estimate of drug-likeness (QED) is 0.0784.